The van der Waals surface area contributed by atoms with Crippen LogP contribution in [-0.2, 0) is 6.54 Å². The van der Waals surface area contributed by atoms with Crippen LogP contribution in [-0.4, -0.2) is 40.2 Å². The van der Waals surface area contributed by atoms with E-state index in [0.29, 0.717) is 22.1 Å². The van der Waals surface area contributed by atoms with Crippen LogP contribution in [0.5, 0.6) is 17.2 Å². The summed E-state index contributed by atoms with van der Waals surface area (Å²) in [6, 6.07) is 5.24. The molecule has 10 heteroatoms. The number of benzene rings is 1. The van der Waals surface area contributed by atoms with Gasteiger partial charge in [-0.15, -0.1) is 11.3 Å². The van der Waals surface area contributed by atoms with Crippen LogP contribution in [0, 0.1) is 0 Å². The number of aromatic hydroxyl groups is 1. The maximum Gasteiger partial charge on any atom is 0.294 e. The van der Waals surface area contributed by atoms with Gasteiger partial charge in [-0.1, -0.05) is 12.1 Å². The first-order chi connectivity index (χ1) is 13.0. The number of thiazole rings is 1. The van der Waals surface area contributed by atoms with Crippen LogP contribution in [0.2, 0.25) is 0 Å². The summed E-state index contributed by atoms with van der Waals surface area (Å²) in [5, 5.41) is 14.7. The Labute approximate surface area is 157 Å². The molecule has 0 aliphatic carbocycles. The van der Waals surface area contributed by atoms with Crippen molar-refractivity contribution in [1.29, 1.82) is 0 Å². The van der Waals surface area contributed by atoms with E-state index >= 15 is 0 Å². The molecule has 1 amide bonds. The maximum atomic E-state index is 12.5. The summed E-state index contributed by atoms with van der Waals surface area (Å²) in [6.07, 6.45) is 1.54. The number of methoxy groups -OCH3 is 2. The predicted octanol–water partition coefficient (Wildman–Crippen LogP) is 1.55. The minimum absolute atomic E-state index is 0.0830. The molecule has 0 aliphatic rings. The number of nitrogens with zero attached hydrogens (tertiary/aromatic N) is 2. The lowest BCUT2D eigenvalue weighted by atomic mass is 10.2. The first-order valence-electron chi connectivity index (χ1n) is 7.76. The normalized spacial score (nSPS) is 10.4. The third-order valence-electron chi connectivity index (χ3n) is 3.67. The lowest BCUT2D eigenvalue weighted by Gasteiger charge is -2.13. The Morgan fingerprint density at radius 1 is 1.33 bits per heavy atom. The van der Waals surface area contributed by atoms with Crippen LogP contribution in [0.25, 0.3) is 10.8 Å². The Hall–Kier alpha value is -3.40. The second-order valence-corrected chi connectivity index (χ2v) is 6.18. The Bertz CT molecular complexity index is 1020. The molecule has 140 valence electrons. The van der Waals surface area contributed by atoms with Gasteiger partial charge in [0.1, 0.15) is 0 Å². The number of H-pyrrole nitrogens is 1. The highest BCUT2D eigenvalue weighted by molar-refractivity contribution is 7.13. The average molecular weight is 388 g/mol. The van der Waals surface area contributed by atoms with Crippen LogP contribution < -0.4 is 20.3 Å². The molecule has 0 saturated heterocycles. The van der Waals surface area contributed by atoms with Crippen molar-refractivity contribution in [1.82, 2.24) is 20.3 Å². The summed E-state index contributed by atoms with van der Waals surface area (Å²) < 4.78 is 10.5. The molecule has 0 bridgehead atoms. The third-order valence-corrected chi connectivity index (χ3v) is 4.45. The van der Waals surface area contributed by atoms with Gasteiger partial charge < -0.3 is 24.9 Å². The zero-order chi connectivity index (χ0) is 19.4. The van der Waals surface area contributed by atoms with Gasteiger partial charge in [0, 0.05) is 23.7 Å². The summed E-state index contributed by atoms with van der Waals surface area (Å²) >= 11 is 1.24. The summed E-state index contributed by atoms with van der Waals surface area (Å²) in [4.78, 5) is 34.9. The molecule has 0 unspecified atom stereocenters. The minimum atomic E-state index is -0.820. The molecule has 0 saturated carbocycles. The molecule has 0 fully saturated rings. The van der Waals surface area contributed by atoms with Gasteiger partial charge in [-0.25, -0.2) is 9.97 Å². The van der Waals surface area contributed by atoms with Crippen LogP contribution in [0.4, 0.5) is 0 Å². The number of nitrogens with one attached hydrogen (secondary N) is 2. The smallest absolute Gasteiger partial charge is 0.294 e. The van der Waals surface area contributed by atoms with E-state index in [4.69, 9.17) is 9.47 Å². The van der Waals surface area contributed by atoms with Crippen molar-refractivity contribution in [2.75, 3.05) is 14.2 Å². The molecule has 3 N–H and O–H groups in total. The second-order valence-electron chi connectivity index (χ2n) is 5.28. The molecule has 3 rings (SSSR count). The highest BCUT2D eigenvalue weighted by atomic mass is 32.1. The van der Waals surface area contributed by atoms with Gasteiger partial charge in [0.2, 0.25) is 5.75 Å². The molecule has 1 aromatic carbocycles. The van der Waals surface area contributed by atoms with Gasteiger partial charge in [-0.05, 0) is 6.07 Å². The number of para-hydroxylation sites is 1. The van der Waals surface area contributed by atoms with Gasteiger partial charge in [0.15, 0.2) is 28.0 Å². The first-order valence-corrected chi connectivity index (χ1v) is 8.64. The highest BCUT2D eigenvalue weighted by Gasteiger charge is 2.20. The monoisotopic (exact) mass is 388 g/mol. The van der Waals surface area contributed by atoms with E-state index in [1.165, 1.54) is 25.6 Å². The quantitative estimate of drug-likeness (QED) is 0.585. The van der Waals surface area contributed by atoms with Gasteiger partial charge in [0.05, 0.1) is 14.2 Å². The molecule has 2 heterocycles. The predicted molar refractivity (Wildman–Crippen MR) is 98.3 cm³/mol. The van der Waals surface area contributed by atoms with Crippen LogP contribution in [0.3, 0.4) is 0 Å². The Kier molecular flexibility index (Phi) is 5.36. The Morgan fingerprint density at radius 3 is 2.81 bits per heavy atom. The molecular formula is C17H16N4O5S. The summed E-state index contributed by atoms with van der Waals surface area (Å²) in [5.41, 5.74) is -0.542. The largest absolute Gasteiger partial charge is 0.501 e. The average Bonchev–Trinajstić information content (AvgIpc) is 3.22. The van der Waals surface area contributed by atoms with Crippen LogP contribution in [0.15, 0.2) is 34.6 Å². The fourth-order valence-electron chi connectivity index (χ4n) is 2.42. The van der Waals surface area contributed by atoms with Gasteiger partial charge >= 0.3 is 0 Å². The van der Waals surface area contributed by atoms with Crippen molar-refractivity contribution < 1.29 is 19.4 Å². The minimum Gasteiger partial charge on any atom is -0.501 e. The highest BCUT2D eigenvalue weighted by Crippen LogP contribution is 2.30. The van der Waals surface area contributed by atoms with E-state index < -0.39 is 17.2 Å². The summed E-state index contributed by atoms with van der Waals surface area (Å²) in [6.45, 7) is 0.0830. The van der Waals surface area contributed by atoms with Gasteiger partial charge in [0.25, 0.3) is 11.5 Å². The summed E-state index contributed by atoms with van der Waals surface area (Å²) in [7, 11) is 3.01. The number of hydrogen-bond donors (Lipinski definition) is 3. The number of carbonyl (C=O) groups excluding carboxylic acids is 1. The number of ether oxygens (including phenoxy) is 2. The SMILES string of the molecule is COc1cccc(CNC(=O)c2nc(-c3nccs3)[nH]c(=O)c2O)c1OC. The van der Waals surface area contributed by atoms with Crippen molar-refractivity contribution in [2.24, 2.45) is 0 Å². The lowest BCUT2D eigenvalue weighted by Crippen LogP contribution is -2.26. The topological polar surface area (TPSA) is 126 Å². The maximum absolute atomic E-state index is 12.5. The van der Waals surface area contributed by atoms with Crippen LogP contribution in [0.1, 0.15) is 16.1 Å². The molecule has 0 aliphatic heterocycles. The molecule has 0 spiro atoms. The van der Waals surface area contributed by atoms with Crippen molar-refractivity contribution in [3.05, 3.63) is 51.4 Å². The number of aromatic nitrogens is 3. The number of aromatic amines is 1. The molecule has 9 nitrogen and oxygen atoms in total. The number of carbonyl (C=O) groups is 1. The van der Waals surface area contributed by atoms with Crippen molar-refractivity contribution in [3.8, 4) is 28.1 Å². The molecule has 27 heavy (non-hydrogen) atoms. The van der Waals surface area contributed by atoms with Crippen LogP contribution >= 0.6 is 11.3 Å². The Morgan fingerprint density at radius 2 is 2.15 bits per heavy atom. The van der Waals surface area contributed by atoms with Gasteiger partial charge in [-0.2, -0.15) is 0 Å². The fraction of sp³-hybridized carbons (Fsp3) is 0.176. The van der Waals surface area contributed by atoms with E-state index in [0.717, 1.165) is 0 Å². The fourth-order valence-corrected chi connectivity index (χ4v) is 3.00. The molecular weight excluding hydrogens is 372 g/mol. The van der Waals surface area contributed by atoms with Crippen molar-refractivity contribution in [3.63, 3.8) is 0 Å². The van der Waals surface area contributed by atoms with E-state index in [9.17, 15) is 14.7 Å². The van der Waals surface area contributed by atoms with Crippen molar-refractivity contribution >= 4 is 17.2 Å². The molecule has 0 radical (unpaired) electrons. The summed E-state index contributed by atoms with van der Waals surface area (Å²) in [5.74, 6) is -0.358. The van der Waals surface area contributed by atoms with E-state index in [1.807, 2.05) is 0 Å². The van der Waals surface area contributed by atoms with E-state index in [-0.39, 0.29) is 18.1 Å². The van der Waals surface area contributed by atoms with E-state index in [1.54, 1.807) is 29.8 Å². The number of rotatable bonds is 6. The number of hydrogen-bond acceptors (Lipinski definition) is 8. The zero-order valence-electron chi connectivity index (χ0n) is 14.5. The van der Waals surface area contributed by atoms with Gasteiger partial charge in [-0.3, -0.25) is 9.59 Å². The lowest BCUT2D eigenvalue weighted by molar-refractivity contribution is 0.0942. The third kappa shape index (κ3) is 3.75. The zero-order valence-corrected chi connectivity index (χ0v) is 15.3. The molecule has 0 atom stereocenters. The van der Waals surface area contributed by atoms with E-state index in [2.05, 4.69) is 20.3 Å². The number of amides is 1. The first kappa shape index (κ1) is 18.4. The standard InChI is InChI=1S/C17H16N4O5S/c1-25-10-5-3-4-9(13(10)26-2)8-19-15(23)11-12(22)16(24)21-14(20-11)17-18-6-7-27-17/h3-7,22H,8H2,1-2H3,(H,19,23)(H,20,21,24). The Balaban J connectivity index is 1.86. The molecule has 3 aromatic rings. The molecule has 2 aromatic heterocycles. The second kappa shape index (κ2) is 7.87. The van der Waals surface area contributed by atoms with Crippen molar-refractivity contribution in [2.45, 2.75) is 6.54 Å².